The van der Waals surface area contributed by atoms with Crippen molar-refractivity contribution in [1.82, 2.24) is 9.80 Å². The summed E-state index contributed by atoms with van der Waals surface area (Å²) < 4.78 is 41.0. The van der Waals surface area contributed by atoms with Crippen LogP contribution >= 0.6 is 0 Å². The maximum absolute atomic E-state index is 13.9. The van der Waals surface area contributed by atoms with Crippen LogP contribution in [0.3, 0.4) is 0 Å². The van der Waals surface area contributed by atoms with Crippen LogP contribution in [0.5, 0.6) is 0 Å². The van der Waals surface area contributed by atoms with E-state index in [0.29, 0.717) is 50.9 Å². The molecule has 1 saturated heterocycles. The number of ketones is 1. The second-order valence-electron chi connectivity index (χ2n) is 7.88. The minimum atomic E-state index is -0.970. The summed E-state index contributed by atoms with van der Waals surface area (Å²) in [6, 6.07) is 1.22. The average molecular weight is 394 g/mol. The normalized spacial score (nSPS) is 24.6. The lowest BCUT2D eigenvalue weighted by molar-refractivity contribution is -0.134. The summed E-state index contributed by atoms with van der Waals surface area (Å²) >= 11 is 0. The molecule has 0 radical (unpaired) electrons. The number of halogens is 3. The van der Waals surface area contributed by atoms with Gasteiger partial charge in [0.25, 0.3) is 0 Å². The number of likely N-dealkylation sites (N-methyl/N-ethyl adjacent to an activating group) is 1. The minimum Gasteiger partial charge on any atom is -0.339 e. The Morgan fingerprint density at radius 3 is 2.46 bits per heavy atom. The van der Waals surface area contributed by atoms with E-state index < -0.39 is 23.4 Å². The first kappa shape index (κ1) is 20.6. The summed E-state index contributed by atoms with van der Waals surface area (Å²) in [5.74, 6) is -3.43. The summed E-state index contributed by atoms with van der Waals surface area (Å²) in [6.07, 6.45) is 3.86. The molecule has 1 aromatic carbocycles. The van der Waals surface area contributed by atoms with Crippen LogP contribution in [0.15, 0.2) is 23.8 Å². The molecule has 0 aromatic heterocycles. The second kappa shape index (κ2) is 8.47. The van der Waals surface area contributed by atoms with Gasteiger partial charge in [0.05, 0.1) is 0 Å². The number of amides is 1. The largest absolute Gasteiger partial charge is 0.339 e. The van der Waals surface area contributed by atoms with E-state index >= 15 is 0 Å². The minimum absolute atomic E-state index is 0.0634. The Labute approximate surface area is 163 Å². The summed E-state index contributed by atoms with van der Waals surface area (Å²) in [7, 11) is 3.84. The van der Waals surface area contributed by atoms with Crippen molar-refractivity contribution in [3.63, 3.8) is 0 Å². The zero-order chi connectivity index (χ0) is 20.4. The topological polar surface area (TPSA) is 40.6 Å². The molecule has 3 rings (SSSR count). The zero-order valence-electron chi connectivity index (χ0n) is 16.2. The van der Waals surface area contributed by atoms with Crippen molar-refractivity contribution in [1.29, 1.82) is 0 Å². The van der Waals surface area contributed by atoms with Gasteiger partial charge >= 0.3 is 0 Å². The van der Waals surface area contributed by atoms with Gasteiger partial charge in [-0.05, 0) is 45.4 Å². The van der Waals surface area contributed by atoms with E-state index in [4.69, 9.17) is 0 Å². The van der Waals surface area contributed by atoms with Crippen molar-refractivity contribution in [2.45, 2.75) is 38.1 Å². The molecule has 152 valence electrons. The van der Waals surface area contributed by atoms with Crippen LogP contribution in [-0.2, 0) is 16.0 Å². The van der Waals surface area contributed by atoms with E-state index in [2.05, 4.69) is 0 Å². The summed E-state index contributed by atoms with van der Waals surface area (Å²) in [6.45, 7) is 1.17. The van der Waals surface area contributed by atoms with Crippen molar-refractivity contribution in [3.8, 4) is 0 Å². The lowest BCUT2D eigenvalue weighted by Crippen LogP contribution is -2.41. The standard InChI is InChI=1S/C21H25F3N2O2/c1-25(2)7-5-13-9-16(3-4-20(13)27)26-8-6-14(21(26)28)10-17-18(23)11-15(22)12-19(17)24/h5,11-12,14,16H,3-4,6-10H2,1-2H3/b13-5+. The van der Waals surface area contributed by atoms with Gasteiger partial charge in [-0.3, -0.25) is 9.59 Å². The van der Waals surface area contributed by atoms with Crippen molar-refractivity contribution in [2.75, 3.05) is 27.2 Å². The number of rotatable bonds is 5. The highest BCUT2D eigenvalue weighted by atomic mass is 19.1. The Morgan fingerprint density at radius 2 is 1.82 bits per heavy atom. The molecule has 0 N–H and O–H groups in total. The van der Waals surface area contributed by atoms with Crippen LogP contribution in [0, 0.1) is 23.4 Å². The highest BCUT2D eigenvalue weighted by Crippen LogP contribution is 2.32. The van der Waals surface area contributed by atoms with E-state index in [1.54, 1.807) is 4.90 Å². The van der Waals surface area contributed by atoms with Crippen LogP contribution in [0.1, 0.15) is 31.2 Å². The van der Waals surface area contributed by atoms with Gasteiger partial charge in [-0.15, -0.1) is 0 Å². The molecule has 1 aliphatic carbocycles. The SMILES string of the molecule is CN(C)C/C=C1\CC(N2CCC(Cc3c(F)cc(F)cc3F)C2=O)CCC1=O. The average Bonchev–Trinajstić information content (AvgIpc) is 2.98. The molecule has 4 nitrogen and oxygen atoms in total. The third-order valence-electron chi connectivity index (χ3n) is 5.57. The Kier molecular flexibility index (Phi) is 6.23. The van der Waals surface area contributed by atoms with E-state index in [1.807, 2.05) is 25.1 Å². The molecular weight excluding hydrogens is 369 g/mol. The summed E-state index contributed by atoms with van der Waals surface area (Å²) in [5.41, 5.74) is 0.504. The molecule has 7 heteroatoms. The number of likely N-dealkylation sites (tertiary alicyclic amines) is 1. The molecule has 1 amide bonds. The molecule has 0 bridgehead atoms. The summed E-state index contributed by atoms with van der Waals surface area (Å²) in [5, 5.41) is 0. The maximum Gasteiger partial charge on any atom is 0.226 e. The molecule has 1 heterocycles. The molecule has 28 heavy (non-hydrogen) atoms. The van der Waals surface area contributed by atoms with Crippen LogP contribution < -0.4 is 0 Å². The highest BCUT2D eigenvalue weighted by Gasteiger charge is 2.38. The number of hydrogen-bond acceptors (Lipinski definition) is 3. The smallest absolute Gasteiger partial charge is 0.226 e. The molecule has 2 unspecified atom stereocenters. The number of carbonyl (C=O) groups is 2. The van der Waals surface area contributed by atoms with Crippen molar-refractivity contribution in [2.24, 2.45) is 5.92 Å². The second-order valence-corrected chi connectivity index (χ2v) is 7.88. The number of hydrogen-bond donors (Lipinski definition) is 0. The molecule has 1 aliphatic heterocycles. The van der Waals surface area contributed by atoms with Gasteiger partial charge in [0, 0.05) is 49.2 Å². The first-order valence-electron chi connectivity index (χ1n) is 9.57. The van der Waals surface area contributed by atoms with Crippen LogP contribution in [0.4, 0.5) is 13.2 Å². The first-order chi connectivity index (χ1) is 13.3. The predicted molar refractivity (Wildman–Crippen MR) is 99.1 cm³/mol. The molecule has 0 spiro atoms. The van der Waals surface area contributed by atoms with Crippen LogP contribution in [0.2, 0.25) is 0 Å². The van der Waals surface area contributed by atoms with Crippen molar-refractivity contribution in [3.05, 3.63) is 46.8 Å². The third kappa shape index (κ3) is 4.46. The Balaban J connectivity index is 1.69. The predicted octanol–water partition coefficient (Wildman–Crippen LogP) is 3.10. The number of nitrogens with zero attached hydrogens (tertiary/aromatic N) is 2. The van der Waals surface area contributed by atoms with Gasteiger partial charge in [0.15, 0.2) is 5.78 Å². The van der Waals surface area contributed by atoms with Gasteiger partial charge in [-0.25, -0.2) is 13.2 Å². The lowest BCUT2D eigenvalue weighted by Gasteiger charge is -2.32. The van der Waals surface area contributed by atoms with Crippen molar-refractivity contribution >= 4 is 11.7 Å². The van der Waals surface area contributed by atoms with E-state index in [9.17, 15) is 22.8 Å². The zero-order valence-corrected chi connectivity index (χ0v) is 16.2. The number of benzene rings is 1. The molecule has 1 saturated carbocycles. The summed E-state index contributed by atoms with van der Waals surface area (Å²) in [4.78, 5) is 28.7. The lowest BCUT2D eigenvalue weighted by atomic mass is 9.88. The Hall–Kier alpha value is -2.15. The Morgan fingerprint density at radius 1 is 1.14 bits per heavy atom. The first-order valence-corrected chi connectivity index (χ1v) is 9.57. The number of carbonyl (C=O) groups excluding carboxylic acids is 2. The fourth-order valence-corrected chi connectivity index (χ4v) is 4.01. The maximum atomic E-state index is 13.9. The van der Waals surface area contributed by atoms with Gasteiger partial charge in [-0.1, -0.05) is 6.08 Å². The van der Waals surface area contributed by atoms with Gasteiger partial charge in [0.1, 0.15) is 17.5 Å². The fourth-order valence-electron chi connectivity index (χ4n) is 4.01. The third-order valence-corrected chi connectivity index (χ3v) is 5.57. The van der Waals surface area contributed by atoms with E-state index in [0.717, 1.165) is 5.57 Å². The number of Topliss-reactive ketones (excluding diaryl/α,β-unsaturated/α-hetero) is 1. The van der Waals surface area contributed by atoms with E-state index in [1.165, 1.54) is 0 Å². The van der Waals surface area contributed by atoms with Crippen molar-refractivity contribution < 1.29 is 22.8 Å². The fraction of sp³-hybridized carbons (Fsp3) is 0.524. The van der Waals surface area contributed by atoms with Crippen LogP contribution in [0.25, 0.3) is 0 Å². The van der Waals surface area contributed by atoms with Crippen LogP contribution in [-0.4, -0.2) is 54.7 Å². The monoisotopic (exact) mass is 394 g/mol. The molecule has 2 fully saturated rings. The molecule has 1 aromatic rings. The van der Waals surface area contributed by atoms with Gasteiger partial charge in [-0.2, -0.15) is 0 Å². The quantitative estimate of drug-likeness (QED) is 0.721. The molecular formula is C21H25F3N2O2. The molecule has 2 atom stereocenters. The van der Waals surface area contributed by atoms with E-state index in [-0.39, 0.29) is 29.7 Å². The van der Waals surface area contributed by atoms with Gasteiger partial charge < -0.3 is 9.80 Å². The Bertz CT molecular complexity index is 784. The highest BCUT2D eigenvalue weighted by molar-refractivity contribution is 5.96. The van der Waals surface area contributed by atoms with Gasteiger partial charge in [0.2, 0.25) is 5.91 Å². The molecule has 2 aliphatic rings.